The molecule has 0 saturated carbocycles. The summed E-state index contributed by atoms with van der Waals surface area (Å²) in [5.74, 6) is 0.290. The van der Waals surface area contributed by atoms with E-state index in [2.05, 4.69) is 41.4 Å². The van der Waals surface area contributed by atoms with Crippen molar-refractivity contribution in [3.05, 3.63) is 35.4 Å². The average molecular weight is 287 g/mol. The Kier molecular flexibility index (Phi) is 4.56. The van der Waals surface area contributed by atoms with E-state index in [9.17, 15) is 4.79 Å². The zero-order valence-corrected chi connectivity index (χ0v) is 12.8. The number of carbonyl (C=O) groups is 1. The highest BCUT2D eigenvalue weighted by Crippen LogP contribution is 2.21. The van der Waals surface area contributed by atoms with Crippen molar-refractivity contribution in [3.8, 4) is 0 Å². The summed E-state index contributed by atoms with van der Waals surface area (Å²) in [4.78, 5) is 17.1. The molecule has 0 aromatic heterocycles. The highest BCUT2D eigenvalue weighted by Gasteiger charge is 2.28. The molecule has 1 N–H and O–H groups in total. The molecule has 2 heterocycles. The lowest BCUT2D eigenvalue weighted by molar-refractivity contribution is -0.136. The lowest BCUT2D eigenvalue weighted by Gasteiger charge is -2.35. The summed E-state index contributed by atoms with van der Waals surface area (Å²) in [5.41, 5.74) is 2.81. The monoisotopic (exact) mass is 287 g/mol. The van der Waals surface area contributed by atoms with Gasteiger partial charge in [0, 0.05) is 32.7 Å². The van der Waals surface area contributed by atoms with E-state index in [1.807, 2.05) is 4.90 Å². The van der Waals surface area contributed by atoms with E-state index >= 15 is 0 Å². The van der Waals surface area contributed by atoms with E-state index in [4.69, 9.17) is 0 Å². The van der Waals surface area contributed by atoms with E-state index in [0.29, 0.717) is 0 Å². The molecule has 1 unspecified atom stereocenters. The quantitative estimate of drug-likeness (QED) is 0.889. The highest BCUT2D eigenvalue weighted by molar-refractivity contribution is 5.81. The maximum Gasteiger partial charge on any atom is 0.239 e. The van der Waals surface area contributed by atoms with Crippen molar-refractivity contribution in [1.29, 1.82) is 0 Å². The second-order valence-corrected chi connectivity index (χ2v) is 6.09. The predicted octanol–water partition coefficient (Wildman–Crippen LogP) is 1.26. The zero-order chi connectivity index (χ0) is 14.7. The van der Waals surface area contributed by atoms with Crippen molar-refractivity contribution >= 4 is 5.91 Å². The maximum atomic E-state index is 12.7. The fourth-order valence-corrected chi connectivity index (χ4v) is 3.33. The summed E-state index contributed by atoms with van der Waals surface area (Å²) in [6, 6.07) is 8.58. The number of fused-ring (bicyclic) bond motifs is 1. The molecular formula is C17H25N3O. The van der Waals surface area contributed by atoms with E-state index in [1.165, 1.54) is 11.1 Å². The molecular weight excluding hydrogens is 262 g/mol. The molecule has 0 bridgehead atoms. The zero-order valence-electron chi connectivity index (χ0n) is 12.8. The number of amides is 1. The van der Waals surface area contributed by atoms with Gasteiger partial charge in [0.05, 0.1) is 6.04 Å². The molecule has 1 aromatic carbocycles. The fourth-order valence-electron chi connectivity index (χ4n) is 3.33. The first-order valence-electron chi connectivity index (χ1n) is 8.06. The first-order chi connectivity index (χ1) is 10.3. The van der Waals surface area contributed by atoms with Gasteiger partial charge in [-0.25, -0.2) is 0 Å². The van der Waals surface area contributed by atoms with Crippen LogP contribution >= 0.6 is 0 Å². The fraction of sp³-hybridized carbons (Fsp3) is 0.588. The first-order valence-corrected chi connectivity index (χ1v) is 8.06. The minimum atomic E-state index is -0.0172. The summed E-state index contributed by atoms with van der Waals surface area (Å²) in [6.07, 6.45) is 2.11. The number of hydrogen-bond donors (Lipinski definition) is 1. The van der Waals surface area contributed by atoms with Crippen LogP contribution in [0.5, 0.6) is 0 Å². The summed E-state index contributed by atoms with van der Waals surface area (Å²) in [7, 11) is 0. The molecule has 2 aliphatic rings. The standard InChI is InChI=1S/C17H25N3O/c1-14(17(21)19-10-4-8-18-9-12-19)20-11-7-15-5-2-3-6-16(15)13-20/h2-3,5-6,14,18H,4,7-13H2,1H3. The molecule has 2 aliphatic heterocycles. The van der Waals surface area contributed by atoms with Crippen LogP contribution in [0.25, 0.3) is 0 Å². The van der Waals surface area contributed by atoms with Crippen molar-refractivity contribution in [2.24, 2.45) is 0 Å². The second-order valence-electron chi connectivity index (χ2n) is 6.09. The molecule has 1 aromatic rings. The Hall–Kier alpha value is -1.39. The number of benzene rings is 1. The molecule has 4 nitrogen and oxygen atoms in total. The van der Waals surface area contributed by atoms with Crippen LogP contribution in [-0.2, 0) is 17.8 Å². The highest BCUT2D eigenvalue weighted by atomic mass is 16.2. The Labute approximate surface area is 127 Å². The molecule has 1 saturated heterocycles. The van der Waals surface area contributed by atoms with Crippen molar-refractivity contribution in [3.63, 3.8) is 0 Å². The van der Waals surface area contributed by atoms with Gasteiger partial charge in [0.25, 0.3) is 0 Å². The van der Waals surface area contributed by atoms with Crippen LogP contribution < -0.4 is 5.32 Å². The van der Waals surface area contributed by atoms with Crippen LogP contribution in [0.3, 0.4) is 0 Å². The topological polar surface area (TPSA) is 35.6 Å². The van der Waals surface area contributed by atoms with Crippen LogP contribution in [0.2, 0.25) is 0 Å². The van der Waals surface area contributed by atoms with Crippen LogP contribution in [0.4, 0.5) is 0 Å². The lowest BCUT2D eigenvalue weighted by Crippen LogP contribution is -2.49. The van der Waals surface area contributed by atoms with Gasteiger partial charge in [-0.2, -0.15) is 0 Å². The van der Waals surface area contributed by atoms with E-state index < -0.39 is 0 Å². The molecule has 1 atom stereocenters. The molecule has 114 valence electrons. The Morgan fingerprint density at radius 3 is 2.81 bits per heavy atom. The van der Waals surface area contributed by atoms with Crippen LogP contribution in [0.1, 0.15) is 24.5 Å². The van der Waals surface area contributed by atoms with Gasteiger partial charge in [-0.15, -0.1) is 0 Å². The third kappa shape index (κ3) is 3.27. The summed E-state index contributed by atoms with van der Waals surface area (Å²) < 4.78 is 0. The van der Waals surface area contributed by atoms with Gasteiger partial charge in [0.2, 0.25) is 5.91 Å². The number of nitrogens with one attached hydrogen (secondary N) is 1. The van der Waals surface area contributed by atoms with Crippen molar-refractivity contribution in [1.82, 2.24) is 15.1 Å². The molecule has 3 rings (SSSR count). The second kappa shape index (κ2) is 6.58. The van der Waals surface area contributed by atoms with E-state index in [-0.39, 0.29) is 11.9 Å². The average Bonchev–Trinajstić information content (AvgIpc) is 2.82. The normalized spacial score (nSPS) is 21.5. The van der Waals surface area contributed by atoms with Gasteiger partial charge in [-0.1, -0.05) is 24.3 Å². The van der Waals surface area contributed by atoms with Crippen molar-refractivity contribution in [2.45, 2.75) is 32.4 Å². The summed E-state index contributed by atoms with van der Waals surface area (Å²) >= 11 is 0. The SMILES string of the molecule is CC(C(=O)N1CCCNCC1)N1CCc2ccccc2C1. The van der Waals surface area contributed by atoms with Crippen molar-refractivity contribution < 1.29 is 4.79 Å². The number of nitrogens with zero attached hydrogens (tertiary/aromatic N) is 2. The summed E-state index contributed by atoms with van der Waals surface area (Å²) in [5, 5.41) is 3.36. The van der Waals surface area contributed by atoms with Crippen LogP contribution in [0.15, 0.2) is 24.3 Å². The van der Waals surface area contributed by atoms with E-state index in [1.54, 1.807) is 0 Å². The van der Waals surface area contributed by atoms with E-state index in [0.717, 1.165) is 52.1 Å². The van der Waals surface area contributed by atoms with Gasteiger partial charge in [-0.05, 0) is 37.4 Å². The van der Waals surface area contributed by atoms with Gasteiger partial charge in [0.15, 0.2) is 0 Å². The molecule has 0 spiro atoms. The van der Waals surface area contributed by atoms with Gasteiger partial charge >= 0.3 is 0 Å². The van der Waals surface area contributed by atoms with Crippen LogP contribution in [-0.4, -0.2) is 54.5 Å². The third-order valence-electron chi connectivity index (χ3n) is 4.72. The minimum Gasteiger partial charge on any atom is -0.340 e. The molecule has 1 amide bonds. The Bertz CT molecular complexity index is 495. The Balaban J connectivity index is 1.65. The minimum absolute atomic E-state index is 0.0172. The molecule has 21 heavy (non-hydrogen) atoms. The lowest BCUT2D eigenvalue weighted by atomic mass is 9.98. The predicted molar refractivity (Wildman–Crippen MR) is 84.1 cm³/mol. The molecule has 0 aliphatic carbocycles. The maximum absolute atomic E-state index is 12.7. The number of carbonyl (C=O) groups excluding carboxylic acids is 1. The van der Waals surface area contributed by atoms with Gasteiger partial charge < -0.3 is 10.2 Å². The molecule has 4 heteroatoms. The van der Waals surface area contributed by atoms with Gasteiger partial charge in [-0.3, -0.25) is 9.69 Å². The largest absolute Gasteiger partial charge is 0.340 e. The molecule has 0 radical (unpaired) electrons. The third-order valence-corrected chi connectivity index (χ3v) is 4.72. The number of rotatable bonds is 2. The first kappa shape index (κ1) is 14.5. The summed E-state index contributed by atoms with van der Waals surface area (Å²) in [6.45, 7) is 7.62. The van der Waals surface area contributed by atoms with Crippen molar-refractivity contribution in [2.75, 3.05) is 32.7 Å². The van der Waals surface area contributed by atoms with Crippen LogP contribution in [0, 0.1) is 0 Å². The Morgan fingerprint density at radius 1 is 1.14 bits per heavy atom. The Morgan fingerprint density at radius 2 is 1.95 bits per heavy atom. The smallest absolute Gasteiger partial charge is 0.239 e. The van der Waals surface area contributed by atoms with Gasteiger partial charge in [0.1, 0.15) is 0 Å². The molecule has 1 fully saturated rings. The number of hydrogen-bond acceptors (Lipinski definition) is 3.